The Kier molecular flexibility index (Phi) is 8.05. The fourth-order valence-electron chi connectivity index (χ4n) is 3.85. The van der Waals surface area contributed by atoms with Crippen molar-refractivity contribution in [3.8, 4) is 11.5 Å². The zero-order chi connectivity index (χ0) is 23.2. The maximum Gasteiger partial charge on any atom is 0.303 e. The van der Waals surface area contributed by atoms with E-state index in [0.717, 1.165) is 0 Å². The first-order valence-corrected chi connectivity index (χ1v) is 9.85. The number of carbonyl (C=O) groups is 2. The average Bonchev–Trinajstić information content (AvgIpc) is 2.77. The Morgan fingerprint density at radius 2 is 1.81 bits per heavy atom. The van der Waals surface area contributed by atoms with Crippen molar-refractivity contribution in [2.45, 2.75) is 32.0 Å². The van der Waals surface area contributed by atoms with E-state index in [1.807, 2.05) is 6.92 Å². The highest BCUT2D eigenvalue weighted by molar-refractivity contribution is 6.06. The molecule has 1 aromatic carbocycles. The molecular weight excluding hydrogens is 400 g/mol. The van der Waals surface area contributed by atoms with Crippen molar-refractivity contribution in [3.05, 3.63) is 59.9 Å². The normalized spacial score (nSPS) is 20.1. The molecule has 7 nitrogen and oxygen atoms in total. The lowest BCUT2D eigenvalue weighted by Gasteiger charge is -2.41. The summed E-state index contributed by atoms with van der Waals surface area (Å²) in [6.07, 6.45) is 4.44. The first-order chi connectivity index (χ1) is 14.8. The molecule has 0 spiro atoms. The SMILES string of the molecule is C=CCC1=C[C@](OC)([C@H](C)[C@@H](OC(C)=O)c2ccc(OC)c(OC)c2)C(OC)=CC1=O. The van der Waals surface area contributed by atoms with Gasteiger partial charge in [-0.15, -0.1) is 6.58 Å². The predicted molar refractivity (Wildman–Crippen MR) is 116 cm³/mol. The summed E-state index contributed by atoms with van der Waals surface area (Å²) in [5.74, 6) is 0.280. The van der Waals surface area contributed by atoms with E-state index in [4.69, 9.17) is 23.7 Å². The van der Waals surface area contributed by atoms with Gasteiger partial charge in [0.2, 0.25) is 0 Å². The van der Waals surface area contributed by atoms with Gasteiger partial charge in [0.1, 0.15) is 17.5 Å². The average molecular weight is 430 g/mol. The van der Waals surface area contributed by atoms with E-state index in [9.17, 15) is 9.59 Å². The lowest BCUT2D eigenvalue weighted by atomic mass is 9.75. The van der Waals surface area contributed by atoms with Crippen LogP contribution in [0.3, 0.4) is 0 Å². The van der Waals surface area contributed by atoms with Crippen molar-refractivity contribution in [1.29, 1.82) is 0 Å². The van der Waals surface area contributed by atoms with E-state index >= 15 is 0 Å². The summed E-state index contributed by atoms with van der Waals surface area (Å²) in [5, 5.41) is 0. The third-order valence-electron chi connectivity index (χ3n) is 5.43. The standard InChI is InChI=1S/C24H30O7/c1-8-9-18-14-24(30-7,22(29-6)13-19(18)26)15(2)23(31-16(3)25)17-10-11-20(27-4)21(12-17)28-5/h8,10-15,23H,1,9H2,2-7H3/t15-,23-,24+/m1/s1. The van der Waals surface area contributed by atoms with Crippen LogP contribution in [0.25, 0.3) is 0 Å². The Morgan fingerprint density at radius 1 is 1.13 bits per heavy atom. The number of esters is 1. The second kappa shape index (κ2) is 10.3. The smallest absolute Gasteiger partial charge is 0.303 e. The molecule has 2 rings (SSSR count). The number of ether oxygens (including phenoxy) is 5. The van der Waals surface area contributed by atoms with Crippen LogP contribution in [-0.4, -0.2) is 45.8 Å². The zero-order valence-corrected chi connectivity index (χ0v) is 18.9. The number of hydrogen-bond acceptors (Lipinski definition) is 7. The van der Waals surface area contributed by atoms with Crippen molar-refractivity contribution in [1.82, 2.24) is 0 Å². The summed E-state index contributed by atoms with van der Waals surface area (Å²) >= 11 is 0. The van der Waals surface area contributed by atoms with E-state index in [1.54, 1.807) is 37.5 Å². The van der Waals surface area contributed by atoms with Gasteiger partial charge in [-0.05, 0) is 30.2 Å². The van der Waals surface area contributed by atoms with Gasteiger partial charge in [-0.25, -0.2) is 0 Å². The van der Waals surface area contributed by atoms with Crippen molar-refractivity contribution < 1.29 is 33.3 Å². The number of carbonyl (C=O) groups excluding carboxylic acids is 2. The molecule has 0 aliphatic heterocycles. The predicted octanol–water partition coefficient (Wildman–Crippen LogP) is 3.94. The van der Waals surface area contributed by atoms with Gasteiger partial charge in [-0.2, -0.15) is 0 Å². The molecule has 1 aliphatic rings. The van der Waals surface area contributed by atoms with Crippen LogP contribution < -0.4 is 9.47 Å². The quantitative estimate of drug-likeness (QED) is 0.411. The van der Waals surface area contributed by atoms with Gasteiger partial charge in [0.05, 0.1) is 21.3 Å². The number of ketones is 1. The molecule has 7 heteroatoms. The summed E-state index contributed by atoms with van der Waals surface area (Å²) in [5.41, 5.74) is 0.0649. The molecule has 3 atom stereocenters. The van der Waals surface area contributed by atoms with Crippen LogP contribution in [0.5, 0.6) is 11.5 Å². The Morgan fingerprint density at radius 3 is 2.32 bits per heavy atom. The highest BCUT2D eigenvalue weighted by Gasteiger charge is 2.48. The Bertz CT molecular complexity index is 899. The molecule has 1 aliphatic carbocycles. The van der Waals surface area contributed by atoms with E-state index in [0.29, 0.717) is 34.8 Å². The molecule has 0 bridgehead atoms. The maximum absolute atomic E-state index is 12.5. The molecule has 0 radical (unpaired) electrons. The lowest BCUT2D eigenvalue weighted by Crippen LogP contribution is -2.45. The molecule has 168 valence electrons. The molecule has 0 amide bonds. The Balaban J connectivity index is 2.64. The minimum atomic E-state index is -1.14. The van der Waals surface area contributed by atoms with E-state index in [2.05, 4.69) is 6.58 Å². The summed E-state index contributed by atoms with van der Waals surface area (Å²) in [6, 6.07) is 5.30. The molecule has 0 unspecified atom stereocenters. The van der Waals surface area contributed by atoms with E-state index in [-0.39, 0.29) is 5.78 Å². The molecule has 0 N–H and O–H groups in total. The third-order valence-corrected chi connectivity index (χ3v) is 5.43. The Hall–Kier alpha value is -3.06. The first-order valence-electron chi connectivity index (χ1n) is 9.85. The van der Waals surface area contributed by atoms with Gasteiger partial charge in [0.25, 0.3) is 0 Å². The monoisotopic (exact) mass is 430 g/mol. The molecule has 1 aromatic rings. The zero-order valence-electron chi connectivity index (χ0n) is 18.9. The van der Waals surface area contributed by atoms with Gasteiger partial charge in [0.15, 0.2) is 17.3 Å². The highest BCUT2D eigenvalue weighted by Crippen LogP contribution is 2.45. The fourth-order valence-corrected chi connectivity index (χ4v) is 3.85. The van der Waals surface area contributed by atoms with Gasteiger partial charge >= 0.3 is 5.97 Å². The van der Waals surface area contributed by atoms with Crippen LogP contribution in [0, 0.1) is 5.92 Å². The molecular formula is C24H30O7. The second-order valence-corrected chi connectivity index (χ2v) is 7.17. The topological polar surface area (TPSA) is 80.3 Å². The van der Waals surface area contributed by atoms with E-state index < -0.39 is 23.6 Å². The number of hydrogen-bond donors (Lipinski definition) is 0. The van der Waals surface area contributed by atoms with Gasteiger partial charge in [0, 0.05) is 31.6 Å². The van der Waals surface area contributed by atoms with Crippen molar-refractivity contribution in [2.24, 2.45) is 5.92 Å². The first kappa shape index (κ1) is 24.2. The number of methoxy groups -OCH3 is 4. The van der Waals surface area contributed by atoms with Crippen molar-refractivity contribution in [3.63, 3.8) is 0 Å². The highest BCUT2D eigenvalue weighted by atomic mass is 16.6. The van der Waals surface area contributed by atoms with Gasteiger partial charge in [-0.1, -0.05) is 19.1 Å². The van der Waals surface area contributed by atoms with Crippen LogP contribution in [0.2, 0.25) is 0 Å². The molecule has 0 saturated heterocycles. The largest absolute Gasteiger partial charge is 0.498 e. The molecule has 0 fully saturated rings. The summed E-state index contributed by atoms with van der Waals surface area (Å²) in [4.78, 5) is 24.5. The Labute approximate surface area is 183 Å². The minimum Gasteiger partial charge on any atom is -0.498 e. The van der Waals surface area contributed by atoms with Crippen LogP contribution in [0.15, 0.2) is 54.3 Å². The van der Waals surface area contributed by atoms with Crippen molar-refractivity contribution in [2.75, 3.05) is 28.4 Å². The van der Waals surface area contributed by atoms with Gasteiger partial charge < -0.3 is 23.7 Å². The fraction of sp³-hybridized carbons (Fsp3) is 0.417. The summed E-state index contributed by atoms with van der Waals surface area (Å²) < 4.78 is 28.0. The third kappa shape index (κ3) is 4.82. The van der Waals surface area contributed by atoms with Crippen LogP contribution >= 0.6 is 0 Å². The minimum absolute atomic E-state index is 0.174. The molecule has 31 heavy (non-hydrogen) atoms. The summed E-state index contributed by atoms with van der Waals surface area (Å²) in [6.45, 7) is 6.94. The van der Waals surface area contributed by atoms with Crippen LogP contribution in [-0.2, 0) is 23.8 Å². The number of allylic oxidation sites excluding steroid dienone is 3. The second-order valence-electron chi connectivity index (χ2n) is 7.17. The van der Waals surface area contributed by atoms with Gasteiger partial charge in [-0.3, -0.25) is 9.59 Å². The molecule has 0 saturated carbocycles. The molecule has 0 aromatic heterocycles. The number of rotatable bonds is 10. The maximum atomic E-state index is 12.5. The summed E-state index contributed by atoms with van der Waals surface area (Å²) in [7, 11) is 6.08. The van der Waals surface area contributed by atoms with E-state index in [1.165, 1.54) is 34.3 Å². The van der Waals surface area contributed by atoms with Crippen LogP contribution in [0.1, 0.15) is 31.9 Å². The van der Waals surface area contributed by atoms with Crippen LogP contribution in [0.4, 0.5) is 0 Å². The number of benzene rings is 1. The van der Waals surface area contributed by atoms with Crippen molar-refractivity contribution >= 4 is 11.8 Å². The lowest BCUT2D eigenvalue weighted by molar-refractivity contribution is -0.155. The molecule has 0 heterocycles.